The topological polar surface area (TPSA) is 32.8 Å². The van der Waals surface area contributed by atoms with E-state index in [1.807, 2.05) is 17.0 Å². The van der Waals surface area contributed by atoms with Gasteiger partial charge >= 0.3 is 0 Å². The van der Waals surface area contributed by atoms with Crippen molar-refractivity contribution in [3.05, 3.63) is 65.2 Å². The maximum absolute atomic E-state index is 12.6. The summed E-state index contributed by atoms with van der Waals surface area (Å²) in [6, 6.07) is 16.7. The highest BCUT2D eigenvalue weighted by Crippen LogP contribution is 2.15. The lowest BCUT2D eigenvalue weighted by molar-refractivity contribution is -0.131. The van der Waals surface area contributed by atoms with Gasteiger partial charge in [0.05, 0.1) is 7.11 Å². The number of methoxy groups -OCH3 is 1. The fraction of sp³-hybridized carbons (Fsp3) is 0.435. The highest BCUT2D eigenvalue weighted by atomic mass is 16.5. The van der Waals surface area contributed by atoms with Crippen molar-refractivity contribution in [1.29, 1.82) is 0 Å². The number of nitrogens with zero attached hydrogens (tertiary/aromatic N) is 2. The number of benzene rings is 2. The van der Waals surface area contributed by atoms with Gasteiger partial charge in [0, 0.05) is 39.1 Å². The van der Waals surface area contributed by atoms with Gasteiger partial charge in [-0.15, -0.1) is 0 Å². The lowest BCUT2D eigenvalue weighted by atomic mass is 10.1. The summed E-state index contributed by atoms with van der Waals surface area (Å²) >= 11 is 0. The first kappa shape index (κ1) is 19.4. The SMILES string of the molecule is COc1ccc(CN2CCCN(C(=O)CCc3cccc(C)c3)CC2)cc1. The zero-order valence-corrected chi connectivity index (χ0v) is 16.5. The van der Waals surface area contributed by atoms with Crippen LogP contribution in [0.2, 0.25) is 0 Å². The van der Waals surface area contributed by atoms with Crippen molar-refractivity contribution in [3.63, 3.8) is 0 Å². The number of amides is 1. The summed E-state index contributed by atoms with van der Waals surface area (Å²) in [4.78, 5) is 17.1. The highest BCUT2D eigenvalue weighted by Gasteiger charge is 2.19. The van der Waals surface area contributed by atoms with Crippen LogP contribution in [0.1, 0.15) is 29.5 Å². The standard InChI is InChI=1S/C23H30N2O2/c1-19-5-3-6-20(17-19)9-12-23(26)25-14-4-13-24(15-16-25)18-21-7-10-22(27-2)11-8-21/h3,5-8,10-11,17H,4,9,12-16,18H2,1-2H3. The molecule has 1 heterocycles. The third-order valence-electron chi connectivity index (χ3n) is 5.22. The van der Waals surface area contributed by atoms with E-state index >= 15 is 0 Å². The molecule has 144 valence electrons. The first-order valence-corrected chi connectivity index (χ1v) is 9.82. The van der Waals surface area contributed by atoms with Crippen LogP contribution in [0, 0.1) is 6.92 Å². The van der Waals surface area contributed by atoms with Crippen molar-refractivity contribution < 1.29 is 9.53 Å². The molecule has 0 radical (unpaired) electrons. The van der Waals surface area contributed by atoms with Gasteiger partial charge in [-0.3, -0.25) is 9.69 Å². The zero-order chi connectivity index (χ0) is 19.1. The van der Waals surface area contributed by atoms with E-state index in [1.54, 1.807) is 7.11 Å². The number of carbonyl (C=O) groups excluding carboxylic acids is 1. The summed E-state index contributed by atoms with van der Waals surface area (Å²) < 4.78 is 5.22. The normalized spacial score (nSPS) is 15.4. The molecule has 27 heavy (non-hydrogen) atoms. The van der Waals surface area contributed by atoms with Crippen molar-refractivity contribution in [2.24, 2.45) is 0 Å². The molecule has 0 unspecified atom stereocenters. The third kappa shape index (κ3) is 5.83. The van der Waals surface area contributed by atoms with Gasteiger partial charge in [-0.1, -0.05) is 42.0 Å². The van der Waals surface area contributed by atoms with Crippen molar-refractivity contribution in [3.8, 4) is 5.75 Å². The predicted octanol–water partition coefficient (Wildman–Crippen LogP) is 3.67. The zero-order valence-electron chi connectivity index (χ0n) is 16.5. The fourth-order valence-corrected chi connectivity index (χ4v) is 3.64. The van der Waals surface area contributed by atoms with Gasteiger partial charge in [0.1, 0.15) is 5.75 Å². The van der Waals surface area contributed by atoms with Crippen LogP contribution in [-0.4, -0.2) is 49.0 Å². The van der Waals surface area contributed by atoms with Crippen molar-refractivity contribution in [1.82, 2.24) is 9.80 Å². The molecular weight excluding hydrogens is 336 g/mol. The molecule has 0 aliphatic carbocycles. The summed E-state index contributed by atoms with van der Waals surface area (Å²) in [5.74, 6) is 1.17. The lowest BCUT2D eigenvalue weighted by Gasteiger charge is -2.22. The maximum Gasteiger partial charge on any atom is 0.222 e. The second-order valence-electron chi connectivity index (χ2n) is 7.35. The summed E-state index contributed by atoms with van der Waals surface area (Å²) in [5, 5.41) is 0. The molecule has 0 atom stereocenters. The summed E-state index contributed by atoms with van der Waals surface area (Å²) in [7, 11) is 1.69. The number of aryl methyl sites for hydroxylation is 2. The molecule has 2 aromatic rings. The van der Waals surface area contributed by atoms with Gasteiger partial charge in [0.25, 0.3) is 0 Å². The van der Waals surface area contributed by atoms with Crippen LogP contribution in [0.5, 0.6) is 5.75 Å². The third-order valence-corrected chi connectivity index (χ3v) is 5.22. The largest absolute Gasteiger partial charge is 0.497 e. The van der Waals surface area contributed by atoms with E-state index in [9.17, 15) is 4.79 Å². The predicted molar refractivity (Wildman–Crippen MR) is 109 cm³/mol. The van der Waals surface area contributed by atoms with Gasteiger partial charge in [-0.2, -0.15) is 0 Å². The van der Waals surface area contributed by atoms with Crippen molar-refractivity contribution >= 4 is 5.91 Å². The molecule has 1 fully saturated rings. The first-order chi connectivity index (χ1) is 13.1. The van der Waals surface area contributed by atoms with E-state index in [4.69, 9.17) is 4.74 Å². The minimum Gasteiger partial charge on any atom is -0.497 e. The van der Waals surface area contributed by atoms with Crippen LogP contribution in [0.3, 0.4) is 0 Å². The average Bonchev–Trinajstić information content (AvgIpc) is 2.92. The van der Waals surface area contributed by atoms with Crippen LogP contribution in [0.15, 0.2) is 48.5 Å². The molecule has 0 bridgehead atoms. The molecule has 0 aromatic heterocycles. The Morgan fingerprint density at radius 1 is 1.00 bits per heavy atom. The highest BCUT2D eigenvalue weighted by molar-refractivity contribution is 5.76. The monoisotopic (exact) mass is 366 g/mol. The number of hydrogen-bond donors (Lipinski definition) is 0. The second kappa shape index (κ2) is 9.56. The minimum atomic E-state index is 0.280. The van der Waals surface area contributed by atoms with Crippen LogP contribution < -0.4 is 4.74 Å². The van der Waals surface area contributed by atoms with Gasteiger partial charge in [0.2, 0.25) is 5.91 Å². The Morgan fingerprint density at radius 2 is 1.81 bits per heavy atom. The fourth-order valence-electron chi connectivity index (χ4n) is 3.64. The Labute approximate surface area is 162 Å². The first-order valence-electron chi connectivity index (χ1n) is 9.82. The van der Waals surface area contributed by atoms with Gasteiger partial charge in [0.15, 0.2) is 0 Å². The van der Waals surface area contributed by atoms with Crippen LogP contribution in [-0.2, 0) is 17.8 Å². The number of ether oxygens (including phenoxy) is 1. The molecule has 3 rings (SSSR count). The van der Waals surface area contributed by atoms with E-state index in [1.165, 1.54) is 16.7 Å². The maximum atomic E-state index is 12.6. The molecule has 1 aliphatic rings. The summed E-state index contributed by atoms with van der Waals surface area (Å²) in [5.41, 5.74) is 3.79. The Hall–Kier alpha value is -2.33. The lowest BCUT2D eigenvalue weighted by Crippen LogP contribution is -2.35. The number of rotatable bonds is 6. The summed E-state index contributed by atoms with van der Waals surface area (Å²) in [6.07, 6.45) is 2.46. The molecule has 1 amide bonds. The van der Waals surface area contributed by atoms with Gasteiger partial charge in [-0.25, -0.2) is 0 Å². The van der Waals surface area contributed by atoms with E-state index in [-0.39, 0.29) is 5.91 Å². The number of hydrogen-bond acceptors (Lipinski definition) is 3. The molecule has 0 N–H and O–H groups in total. The Kier molecular flexibility index (Phi) is 6.88. The molecule has 0 spiro atoms. The van der Waals surface area contributed by atoms with Crippen LogP contribution >= 0.6 is 0 Å². The van der Waals surface area contributed by atoms with E-state index in [0.29, 0.717) is 6.42 Å². The second-order valence-corrected chi connectivity index (χ2v) is 7.35. The molecule has 4 heteroatoms. The minimum absolute atomic E-state index is 0.280. The average molecular weight is 367 g/mol. The quantitative estimate of drug-likeness (QED) is 0.782. The van der Waals surface area contributed by atoms with Gasteiger partial charge in [-0.05, 0) is 43.0 Å². The molecule has 0 saturated carbocycles. The molecule has 1 aliphatic heterocycles. The Morgan fingerprint density at radius 3 is 2.56 bits per heavy atom. The molecular formula is C23H30N2O2. The van der Waals surface area contributed by atoms with E-state index < -0.39 is 0 Å². The smallest absolute Gasteiger partial charge is 0.222 e. The van der Waals surface area contributed by atoms with Crippen LogP contribution in [0.4, 0.5) is 0 Å². The van der Waals surface area contributed by atoms with E-state index in [0.717, 1.165) is 51.3 Å². The number of carbonyl (C=O) groups is 1. The van der Waals surface area contributed by atoms with Crippen molar-refractivity contribution in [2.75, 3.05) is 33.3 Å². The molecule has 2 aromatic carbocycles. The van der Waals surface area contributed by atoms with E-state index in [2.05, 4.69) is 48.2 Å². The van der Waals surface area contributed by atoms with Gasteiger partial charge < -0.3 is 9.64 Å². The summed E-state index contributed by atoms with van der Waals surface area (Å²) in [6.45, 7) is 6.68. The molecule has 4 nitrogen and oxygen atoms in total. The molecule has 1 saturated heterocycles. The Bertz CT molecular complexity index is 742. The Balaban J connectivity index is 1.47. The van der Waals surface area contributed by atoms with Crippen molar-refractivity contribution in [2.45, 2.75) is 32.7 Å². The van der Waals surface area contributed by atoms with Crippen LogP contribution in [0.25, 0.3) is 0 Å².